The largest absolute Gasteiger partial charge is 0.493 e. The third-order valence-corrected chi connectivity index (χ3v) is 6.16. The number of amides is 1. The Hall–Kier alpha value is -2.38. The quantitative estimate of drug-likeness (QED) is 0.593. The monoisotopic (exact) mass is 432 g/mol. The van der Waals surface area contributed by atoms with Crippen LogP contribution in [0.25, 0.3) is 0 Å². The molecule has 0 aliphatic rings. The lowest BCUT2D eigenvalue weighted by Crippen LogP contribution is -2.37. The number of nitrogens with one attached hydrogen (secondary N) is 1. The first-order valence-electron chi connectivity index (χ1n) is 10.3. The Labute approximate surface area is 180 Å². The van der Waals surface area contributed by atoms with Crippen LogP contribution >= 0.6 is 0 Å². The van der Waals surface area contributed by atoms with Gasteiger partial charge in [-0.1, -0.05) is 39.8 Å². The van der Waals surface area contributed by atoms with Crippen molar-refractivity contribution in [1.29, 1.82) is 0 Å². The van der Waals surface area contributed by atoms with Gasteiger partial charge in [0, 0.05) is 18.8 Å². The van der Waals surface area contributed by atoms with Gasteiger partial charge in [-0.15, -0.1) is 0 Å². The third-order valence-electron chi connectivity index (χ3n) is 4.32. The molecule has 0 aliphatic carbocycles. The molecule has 7 heteroatoms. The summed E-state index contributed by atoms with van der Waals surface area (Å²) < 4.78 is 33.2. The van der Waals surface area contributed by atoms with Crippen molar-refractivity contribution in [3.8, 4) is 5.75 Å². The van der Waals surface area contributed by atoms with E-state index in [9.17, 15) is 13.2 Å². The average molecular weight is 433 g/mol. The van der Waals surface area contributed by atoms with Gasteiger partial charge in [0.15, 0.2) is 0 Å². The summed E-state index contributed by atoms with van der Waals surface area (Å²) >= 11 is 0. The molecule has 30 heavy (non-hydrogen) atoms. The topological polar surface area (TPSA) is 75.7 Å². The molecule has 2 rings (SSSR count). The van der Waals surface area contributed by atoms with Crippen molar-refractivity contribution in [3.05, 3.63) is 54.1 Å². The summed E-state index contributed by atoms with van der Waals surface area (Å²) in [6.07, 6.45) is 0. The second kappa shape index (κ2) is 10.6. The lowest BCUT2D eigenvalue weighted by atomic mass is 10.2. The molecule has 1 amide bonds. The zero-order valence-electron chi connectivity index (χ0n) is 18.4. The number of ether oxygens (including phenoxy) is 1. The van der Waals surface area contributed by atoms with Crippen LogP contribution in [0.3, 0.4) is 0 Å². The Bertz CT molecular complexity index is 928. The van der Waals surface area contributed by atoms with Gasteiger partial charge in [-0.3, -0.25) is 4.79 Å². The fourth-order valence-corrected chi connectivity index (χ4v) is 4.85. The average Bonchev–Trinajstić information content (AvgIpc) is 2.68. The number of carbonyl (C=O) groups is 1. The summed E-state index contributed by atoms with van der Waals surface area (Å²) in [7, 11) is -3.60. The minimum absolute atomic E-state index is 0.219. The van der Waals surface area contributed by atoms with E-state index in [0.717, 1.165) is 0 Å². The molecule has 0 saturated carbocycles. The summed E-state index contributed by atoms with van der Waals surface area (Å²) in [5.74, 6) is 0.649. The minimum atomic E-state index is -3.60. The number of sulfonamides is 1. The molecule has 6 nitrogen and oxygen atoms in total. The van der Waals surface area contributed by atoms with Gasteiger partial charge in [-0.05, 0) is 55.2 Å². The number of carbonyl (C=O) groups excluding carboxylic acids is 1. The highest BCUT2D eigenvalue weighted by molar-refractivity contribution is 7.89. The zero-order valence-corrected chi connectivity index (χ0v) is 19.2. The Morgan fingerprint density at radius 3 is 2.07 bits per heavy atom. The lowest BCUT2D eigenvalue weighted by molar-refractivity contribution is 0.102. The van der Waals surface area contributed by atoms with Crippen LogP contribution in [-0.4, -0.2) is 38.3 Å². The van der Waals surface area contributed by atoms with Crippen molar-refractivity contribution in [1.82, 2.24) is 4.31 Å². The Kier molecular flexibility index (Phi) is 8.43. The minimum Gasteiger partial charge on any atom is -0.493 e. The molecule has 0 atom stereocenters. The van der Waals surface area contributed by atoms with Crippen LogP contribution in [0.15, 0.2) is 53.4 Å². The fraction of sp³-hybridized carbons (Fsp3) is 0.435. The van der Waals surface area contributed by atoms with Gasteiger partial charge >= 0.3 is 0 Å². The van der Waals surface area contributed by atoms with E-state index in [1.54, 1.807) is 30.3 Å². The van der Waals surface area contributed by atoms with Crippen molar-refractivity contribution in [2.75, 3.05) is 25.0 Å². The highest BCUT2D eigenvalue weighted by Gasteiger charge is 2.26. The Morgan fingerprint density at radius 1 is 0.967 bits per heavy atom. The lowest BCUT2D eigenvalue weighted by Gasteiger charge is -2.25. The van der Waals surface area contributed by atoms with Gasteiger partial charge < -0.3 is 10.1 Å². The molecule has 0 aromatic heterocycles. The second-order valence-corrected chi connectivity index (χ2v) is 9.96. The summed E-state index contributed by atoms with van der Waals surface area (Å²) in [4.78, 5) is 12.8. The SMILES string of the molecule is CCOc1ccccc1C(=O)Nc1ccc(S(=O)(=O)N(CC(C)C)CC(C)C)cc1. The van der Waals surface area contributed by atoms with Gasteiger partial charge in [-0.25, -0.2) is 8.42 Å². The van der Waals surface area contributed by atoms with Crippen LogP contribution in [0.1, 0.15) is 45.0 Å². The molecule has 0 radical (unpaired) electrons. The number of hydrogen-bond acceptors (Lipinski definition) is 4. The van der Waals surface area contributed by atoms with Crippen molar-refractivity contribution in [2.45, 2.75) is 39.5 Å². The normalized spacial score (nSPS) is 11.9. The number of hydrogen-bond donors (Lipinski definition) is 1. The summed E-state index contributed by atoms with van der Waals surface area (Å²) in [6.45, 7) is 11.3. The molecular formula is C23H32N2O4S. The molecule has 0 spiro atoms. The van der Waals surface area contributed by atoms with E-state index in [0.29, 0.717) is 36.7 Å². The molecule has 0 fully saturated rings. The second-order valence-electron chi connectivity index (χ2n) is 8.02. The van der Waals surface area contributed by atoms with Crippen LogP contribution < -0.4 is 10.1 Å². The summed E-state index contributed by atoms with van der Waals surface area (Å²) in [6, 6.07) is 13.3. The van der Waals surface area contributed by atoms with E-state index < -0.39 is 10.0 Å². The summed E-state index contributed by atoms with van der Waals surface area (Å²) in [5.41, 5.74) is 0.945. The van der Waals surface area contributed by atoms with Crippen LogP contribution in [0.5, 0.6) is 5.75 Å². The van der Waals surface area contributed by atoms with E-state index in [1.807, 2.05) is 40.7 Å². The number of para-hydroxylation sites is 1. The van der Waals surface area contributed by atoms with Gasteiger partial charge in [-0.2, -0.15) is 4.31 Å². The maximum absolute atomic E-state index is 13.1. The molecule has 1 N–H and O–H groups in total. The van der Waals surface area contributed by atoms with E-state index >= 15 is 0 Å². The molecule has 0 saturated heterocycles. The maximum Gasteiger partial charge on any atom is 0.259 e. The predicted octanol–water partition coefficient (Wildman–Crippen LogP) is 4.64. The Balaban J connectivity index is 2.20. The smallest absolute Gasteiger partial charge is 0.259 e. The molecule has 0 unspecified atom stereocenters. The number of anilines is 1. The first kappa shape index (κ1) is 23.9. The van der Waals surface area contributed by atoms with Gasteiger partial charge in [0.05, 0.1) is 17.1 Å². The standard InChI is InChI=1S/C23H32N2O4S/c1-6-29-22-10-8-7-9-21(22)23(26)24-19-11-13-20(14-12-19)30(27,28)25(15-17(2)3)16-18(4)5/h7-14,17-18H,6,15-16H2,1-5H3,(H,24,26). The van der Waals surface area contributed by atoms with Crippen LogP contribution in [-0.2, 0) is 10.0 Å². The van der Waals surface area contributed by atoms with Crippen molar-refractivity contribution < 1.29 is 17.9 Å². The number of benzene rings is 2. The van der Waals surface area contributed by atoms with E-state index in [4.69, 9.17) is 4.74 Å². The van der Waals surface area contributed by atoms with Gasteiger partial charge in [0.2, 0.25) is 10.0 Å². The highest BCUT2D eigenvalue weighted by atomic mass is 32.2. The van der Waals surface area contributed by atoms with E-state index in [2.05, 4.69) is 5.32 Å². The first-order valence-corrected chi connectivity index (χ1v) is 11.7. The van der Waals surface area contributed by atoms with Crippen LogP contribution in [0, 0.1) is 11.8 Å². The predicted molar refractivity (Wildman–Crippen MR) is 120 cm³/mol. The molecule has 164 valence electrons. The number of rotatable bonds is 10. The van der Waals surface area contributed by atoms with Crippen molar-refractivity contribution in [3.63, 3.8) is 0 Å². The zero-order chi connectivity index (χ0) is 22.3. The molecule has 2 aromatic carbocycles. The van der Waals surface area contributed by atoms with Crippen LogP contribution in [0.4, 0.5) is 5.69 Å². The fourth-order valence-electron chi connectivity index (χ4n) is 3.08. The number of nitrogens with zero attached hydrogens (tertiary/aromatic N) is 1. The highest BCUT2D eigenvalue weighted by Crippen LogP contribution is 2.23. The van der Waals surface area contributed by atoms with Gasteiger partial charge in [0.25, 0.3) is 5.91 Å². The molecule has 0 heterocycles. The summed E-state index contributed by atoms with van der Waals surface area (Å²) in [5, 5.41) is 2.80. The van der Waals surface area contributed by atoms with Crippen molar-refractivity contribution in [2.24, 2.45) is 11.8 Å². The van der Waals surface area contributed by atoms with Gasteiger partial charge in [0.1, 0.15) is 5.75 Å². The maximum atomic E-state index is 13.1. The Morgan fingerprint density at radius 2 is 1.53 bits per heavy atom. The molecule has 0 bridgehead atoms. The molecule has 0 aliphatic heterocycles. The molecule has 2 aromatic rings. The first-order chi connectivity index (χ1) is 14.1. The van der Waals surface area contributed by atoms with Crippen LogP contribution in [0.2, 0.25) is 0 Å². The molecular weight excluding hydrogens is 400 g/mol. The van der Waals surface area contributed by atoms with Crippen molar-refractivity contribution >= 4 is 21.6 Å². The van der Waals surface area contributed by atoms with E-state index in [-0.39, 0.29) is 22.6 Å². The van der Waals surface area contributed by atoms with E-state index in [1.165, 1.54) is 16.4 Å². The third kappa shape index (κ3) is 6.31.